The molecule has 1 saturated heterocycles. The molecule has 6 nitrogen and oxygen atoms in total. The Balaban J connectivity index is 1.82. The molecular weight excluding hydrogens is 306 g/mol. The lowest BCUT2D eigenvalue weighted by atomic mass is 10.1. The number of fused-ring (bicyclic) bond motifs is 1. The van der Waals surface area contributed by atoms with Crippen molar-refractivity contribution in [1.29, 1.82) is 0 Å². The molecule has 0 unspecified atom stereocenters. The Kier molecular flexibility index (Phi) is 3.26. The van der Waals surface area contributed by atoms with E-state index in [-0.39, 0.29) is 17.2 Å². The summed E-state index contributed by atoms with van der Waals surface area (Å²) >= 11 is 0. The summed E-state index contributed by atoms with van der Waals surface area (Å²) in [6.45, 7) is 4.28. The minimum atomic E-state index is -0.270. The van der Waals surface area contributed by atoms with Gasteiger partial charge < -0.3 is 24.8 Å². The second-order valence-electron chi connectivity index (χ2n) is 6.13. The first-order valence-electron chi connectivity index (χ1n) is 7.92. The Hall–Kier alpha value is -2.89. The van der Waals surface area contributed by atoms with Crippen molar-refractivity contribution in [1.82, 2.24) is 9.97 Å². The van der Waals surface area contributed by atoms with Gasteiger partial charge in [-0.2, -0.15) is 0 Å². The van der Waals surface area contributed by atoms with Gasteiger partial charge in [0.2, 0.25) is 5.75 Å². The molecule has 6 heteroatoms. The van der Waals surface area contributed by atoms with E-state index in [4.69, 9.17) is 4.74 Å². The molecule has 0 spiro atoms. The molecule has 24 heavy (non-hydrogen) atoms. The van der Waals surface area contributed by atoms with Gasteiger partial charge in [-0.15, -0.1) is 0 Å². The van der Waals surface area contributed by atoms with Crippen LogP contribution in [-0.2, 0) is 0 Å². The number of benzene rings is 2. The molecule has 3 N–H and O–H groups in total. The van der Waals surface area contributed by atoms with E-state index in [9.17, 15) is 10.2 Å². The van der Waals surface area contributed by atoms with Gasteiger partial charge in [0.05, 0.1) is 18.1 Å². The molecule has 2 aromatic carbocycles. The fourth-order valence-corrected chi connectivity index (χ4v) is 3.07. The van der Waals surface area contributed by atoms with Gasteiger partial charge in [-0.05, 0) is 43.2 Å². The van der Waals surface area contributed by atoms with Crippen molar-refractivity contribution in [2.45, 2.75) is 13.3 Å². The molecule has 1 aromatic heterocycles. The van der Waals surface area contributed by atoms with Gasteiger partial charge in [0.25, 0.3) is 0 Å². The third kappa shape index (κ3) is 2.22. The van der Waals surface area contributed by atoms with Gasteiger partial charge in [0.1, 0.15) is 5.82 Å². The number of phenolic OH excluding ortho intramolecular Hbond substituents is 2. The van der Waals surface area contributed by atoms with Crippen molar-refractivity contribution in [2.24, 2.45) is 0 Å². The third-order valence-electron chi connectivity index (χ3n) is 4.54. The molecule has 0 aliphatic carbocycles. The highest BCUT2D eigenvalue weighted by molar-refractivity contribution is 5.85. The standard InChI is InChI=1S/C18H19N3O3/c1-10-6-12-13(9-14(10)21-4-3-5-21)20-18(19-12)11-7-15(22)17(23)16(8-11)24-2/h6-9,22-23H,3-5H2,1-2H3,(H,19,20). The minimum Gasteiger partial charge on any atom is -0.504 e. The Morgan fingerprint density at radius 3 is 2.62 bits per heavy atom. The normalized spacial score (nSPS) is 14.0. The van der Waals surface area contributed by atoms with E-state index in [0.29, 0.717) is 11.4 Å². The Bertz CT molecular complexity index is 929. The minimum absolute atomic E-state index is 0.211. The SMILES string of the molecule is COc1cc(-c2nc3cc(N4CCC4)c(C)cc3[nH]2)cc(O)c1O. The van der Waals surface area contributed by atoms with Crippen LogP contribution in [0, 0.1) is 6.92 Å². The van der Waals surface area contributed by atoms with Crippen LogP contribution in [0.4, 0.5) is 5.69 Å². The summed E-state index contributed by atoms with van der Waals surface area (Å²) in [5.74, 6) is 0.331. The van der Waals surface area contributed by atoms with Gasteiger partial charge in [0.15, 0.2) is 11.5 Å². The van der Waals surface area contributed by atoms with Crippen LogP contribution >= 0.6 is 0 Å². The fourth-order valence-electron chi connectivity index (χ4n) is 3.07. The number of aryl methyl sites for hydroxylation is 1. The van der Waals surface area contributed by atoms with Crippen LogP contribution in [0.25, 0.3) is 22.4 Å². The number of anilines is 1. The van der Waals surface area contributed by atoms with E-state index in [1.54, 1.807) is 6.07 Å². The first kappa shape index (κ1) is 14.7. The monoisotopic (exact) mass is 325 g/mol. The molecule has 0 atom stereocenters. The van der Waals surface area contributed by atoms with Crippen molar-refractivity contribution >= 4 is 16.7 Å². The van der Waals surface area contributed by atoms with Gasteiger partial charge in [0, 0.05) is 24.3 Å². The van der Waals surface area contributed by atoms with E-state index >= 15 is 0 Å². The number of phenols is 2. The highest BCUT2D eigenvalue weighted by Crippen LogP contribution is 2.39. The number of methoxy groups -OCH3 is 1. The molecule has 1 fully saturated rings. The molecule has 0 bridgehead atoms. The summed E-state index contributed by atoms with van der Waals surface area (Å²) < 4.78 is 5.10. The van der Waals surface area contributed by atoms with Gasteiger partial charge in [-0.1, -0.05) is 0 Å². The maximum absolute atomic E-state index is 9.87. The van der Waals surface area contributed by atoms with Crippen LogP contribution in [0.3, 0.4) is 0 Å². The Morgan fingerprint density at radius 2 is 1.96 bits per heavy atom. The van der Waals surface area contributed by atoms with Crippen LogP contribution in [-0.4, -0.2) is 40.4 Å². The lowest BCUT2D eigenvalue weighted by Crippen LogP contribution is -2.37. The van der Waals surface area contributed by atoms with E-state index in [0.717, 1.165) is 24.1 Å². The number of aromatic nitrogens is 2. The molecular formula is C18H19N3O3. The zero-order valence-electron chi connectivity index (χ0n) is 13.6. The summed E-state index contributed by atoms with van der Waals surface area (Å²) in [4.78, 5) is 10.3. The summed E-state index contributed by atoms with van der Waals surface area (Å²) in [6, 6.07) is 7.31. The van der Waals surface area contributed by atoms with Gasteiger partial charge in [-0.3, -0.25) is 0 Å². The molecule has 124 valence electrons. The lowest BCUT2D eigenvalue weighted by molar-refractivity contribution is 0.351. The summed E-state index contributed by atoms with van der Waals surface area (Å²) in [6.07, 6.45) is 1.23. The fraction of sp³-hybridized carbons (Fsp3) is 0.278. The van der Waals surface area contributed by atoms with E-state index in [1.807, 2.05) is 0 Å². The molecule has 0 radical (unpaired) electrons. The lowest BCUT2D eigenvalue weighted by Gasteiger charge is -2.34. The first-order chi connectivity index (χ1) is 11.6. The second kappa shape index (κ2) is 5.33. The van der Waals surface area contributed by atoms with Crippen molar-refractivity contribution in [3.8, 4) is 28.6 Å². The third-order valence-corrected chi connectivity index (χ3v) is 4.54. The van der Waals surface area contributed by atoms with E-state index in [1.165, 1.54) is 30.8 Å². The van der Waals surface area contributed by atoms with Crippen molar-refractivity contribution in [3.63, 3.8) is 0 Å². The number of aromatic hydroxyl groups is 2. The van der Waals surface area contributed by atoms with Crippen molar-refractivity contribution in [3.05, 3.63) is 29.8 Å². The average Bonchev–Trinajstić information content (AvgIpc) is 2.91. The maximum Gasteiger partial charge on any atom is 0.200 e. The van der Waals surface area contributed by atoms with Crippen LogP contribution in [0.1, 0.15) is 12.0 Å². The largest absolute Gasteiger partial charge is 0.504 e. The predicted octanol–water partition coefficient (Wildman–Crippen LogP) is 3.17. The molecule has 0 saturated carbocycles. The predicted molar refractivity (Wildman–Crippen MR) is 93.0 cm³/mol. The number of nitrogens with zero attached hydrogens (tertiary/aromatic N) is 2. The molecule has 3 aromatic rings. The zero-order valence-corrected chi connectivity index (χ0v) is 13.6. The summed E-state index contributed by atoms with van der Waals surface area (Å²) in [5, 5.41) is 19.6. The smallest absolute Gasteiger partial charge is 0.200 e. The molecule has 2 heterocycles. The maximum atomic E-state index is 9.87. The number of imidazole rings is 1. The number of ether oxygens (including phenoxy) is 1. The van der Waals surface area contributed by atoms with Gasteiger partial charge in [-0.25, -0.2) is 4.98 Å². The number of H-pyrrole nitrogens is 1. The Morgan fingerprint density at radius 1 is 1.17 bits per heavy atom. The number of hydrogen-bond acceptors (Lipinski definition) is 5. The van der Waals surface area contributed by atoms with Crippen LogP contribution in [0.15, 0.2) is 24.3 Å². The van der Waals surface area contributed by atoms with E-state index in [2.05, 4.69) is 33.9 Å². The van der Waals surface area contributed by atoms with Crippen molar-refractivity contribution in [2.75, 3.05) is 25.1 Å². The average molecular weight is 325 g/mol. The van der Waals surface area contributed by atoms with Crippen LogP contribution in [0.5, 0.6) is 17.2 Å². The Labute approximate surface area is 139 Å². The number of rotatable bonds is 3. The number of aromatic amines is 1. The number of hydrogen-bond donors (Lipinski definition) is 3. The molecule has 0 amide bonds. The summed E-state index contributed by atoms with van der Waals surface area (Å²) in [5.41, 5.74) is 4.91. The molecule has 4 rings (SSSR count). The quantitative estimate of drug-likeness (QED) is 0.644. The second-order valence-corrected chi connectivity index (χ2v) is 6.13. The first-order valence-corrected chi connectivity index (χ1v) is 7.92. The zero-order chi connectivity index (χ0) is 16.8. The molecule has 1 aliphatic heterocycles. The molecule has 1 aliphatic rings. The highest BCUT2D eigenvalue weighted by Gasteiger charge is 2.19. The van der Waals surface area contributed by atoms with Crippen LogP contribution in [0.2, 0.25) is 0 Å². The van der Waals surface area contributed by atoms with E-state index < -0.39 is 0 Å². The number of nitrogens with one attached hydrogen (secondary N) is 1. The topological polar surface area (TPSA) is 81.6 Å². The summed E-state index contributed by atoms with van der Waals surface area (Å²) in [7, 11) is 1.44. The van der Waals surface area contributed by atoms with Crippen LogP contribution < -0.4 is 9.64 Å². The van der Waals surface area contributed by atoms with Crippen molar-refractivity contribution < 1.29 is 14.9 Å². The highest BCUT2D eigenvalue weighted by atomic mass is 16.5. The van der Waals surface area contributed by atoms with Gasteiger partial charge >= 0.3 is 0 Å².